The molecule has 0 radical (unpaired) electrons. The molecule has 1 amide bonds. The second-order valence-corrected chi connectivity index (χ2v) is 6.16. The highest BCUT2D eigenvalue weighted by Crippen LogP contribution is 2.11. The fourth-order valence-corrected chi connectivity index (χ4v) is 3.11. The van der Waals surface area contributed by atoms with Crippen molar-refractivity contribution in [3.05, 3.63) is 68.7 Å². The summed E-state index contributed by atoms with van der Waals surface area (Å²) < 4.78 is 17.2. The zero-order chi connectivity index (χ0) is 19.6. The number of aryl methyl sites for hydroxylation is 1. The minimum absolute atomic E-state index is 0.0281. The Kier molecular flexibility index (Phi) is 5.25. The van der Waals surface area contributed by atoms with Crippen molar-refractivity contribution < 1.29 is 9.18 Å². The van der Waals surface area contributed by atoms with E-state index >= 15 is 0 Å². The largest absolute Gasteiger partial charge is 0.350 e. The molecule has 142 valence electrons. The summed E-state index contributed by atoms with van der Waals surface area (Å²) >= 11 is 0. The molecule has 0 saturated carbocycles. The van der Waals surface area contributed by atoms with Crippen LogP contribution in [-0.2, 0) is 31.0 Å². The number of carbonyl (C=O) groups excluding carboxylic acids is 1. The van der Waals surface area contributed by atoms with E-state index in [9.17, 15) is 18.8 Å². The van der Waals surface area contributed by atoms with Crippen LogP contribution in [0.15, 0.2) is 46.1 Å². The number of fused-ring (bicyclic) bond motifs is 1. The molecule has 0 fully saturated rings. The third-order valence-corrected chi connectivity index (χ3v) is 4.48. The SMILES string of the molecule is CCn1c(=O)c2ccn(CC(=O)NCc3ccc(F)cc3)c2n(CC)c1=O. The minimum Gasteiger partial charge on any atom is -0.350 e. The van der Waals surface area contributed by atoms with Gasteiger partial charge in [-0.2, -0.15) is 0 Å². The second-order valence-electron chi connectivity index (χ2n) is 6.16. The van der Waals surface area contributed by atoms with Crippen LogP contribution in [0.25, 0.3) is 11.0 Å². The Morgan fingerprint density at radius 2 is 1.70 bits per heavy atom. The fourth-order valence-electron chi connectivity index (χ4n) is 3.11. The molecule has 0 atom stereocenters. The molecule has 7 nitrogen and oxygen atoms in total. The van der Waals surface area contributed by atoms with Gasteiger partial charge in [-0.3, -0.25) is 18.7 Å². The summed E-state index contributed by atoms with van der Waals surface area (Å²) in [7, 11) is 0. The van der Waals surface area contributed by atoms with Crippen molar-refractivity contribution in [1.29, 1.82) is 0 Å². The van der Waals surface area contributed by atoms with Crippen molar-refractivity contribution >= 4 is 16.9 Å². The summed E-state index contributed by atoms with van der Waals surface area (Å²) in [5.41, 5.74) is 0.476. The van der Waals surface area contributed by atoms with Crippen molar-refractivity contribution in [1.82, 2.24) is 19.0 Å². The van der Waals surface area contributed by atoms with Gasteiger partial charge in [0.05, 0.1) is 5.39 Å². The van der Waals surface area contributed by atoms with Gasteiger partial charge in [0.2, 0.25) is 5.91 Å². The van der Waals surface area contributed by atoms with E-state index in [0.29, 0.717) is 17.6 Å². The van der Waals surface area contributed by atoms with E-state index < -0.39 is 0 Å². The quantitative estimate of drug-likeness (QED) is 0.712. The molecule has 0 aliphatic heterocycles. The molecule has 2 aromatic heterocycles. The highest BCUT2D eigenvalue weighted by molar-refractivity contribution is 5.80. The molecule has 1 N–H and O–H groups in total. The van der Waals surface area contributed by atoms with Crippen molar-refractivity contribution in [2.24, 2.45) is 0 Å². The summed E-state index contributed by atoms with van der Waals surface area (Å²) in [6.07, 6.45) is 1.63. The first-order chi connectivity index (χ1) is 13.0. The molecule has 3 aromatic rings. The van der Waals surface area contributed by atoms with Crippen molar-refractivity contribution in [2.45, 2.75) is 40.0 Å². The molecule has 0 unspecified atom stereocenters. The maximum absolute atomic E-state index is 12.9. The Morgan fingerprint density at radius 3 is 2.33 bits per heavy atom. The van der Waals surface area contributed by atoms with Crippen LogP contribution in [0.4, 0.5) is 4.39 Å². The molecule has 0 aliphatic rings. The average molecular weight is 372 g/mol. The number of aromatic nitrogens is 3. The summed E-state index contributed by atoms with van der Waals surface area (Å²) in [5, 5.41) is 3.16. The predicted octanol–water partition coefficient (Wildman–Crippen LogP) is 1.46. The maximum atomic E-state index is 12.9. The summed E-state index contributed by atoms with van der Waals surface area (Å²) in [5.74, 6) is -0.606. The first-order valence-corrected chi connectivity index (χ1v) is 8.79. The molecular weight excluding hydrogens is 351 g/mol. The number of nitrogens with zero attached hydrogens (tertiary/aromatic N) is 3. The predicted molar refractivity (Wildman–Crippen MR) is 100 cm³/mol. The molecule has 8 heteroatoms. The summed E-state index contributed by atoms with van der Waals surface area (Å²) in [6.45, 7) is 4.47. The third-order valence-electron chi connectivity index (χ3n) is 4.48. The van der Waals surface area contributed by atoms with Gasteiger partial charge in [-0.05, 0) is 37.6 Å². The number of nitrogens with one attached hydrogen (secondary N) is 1. The normalized spacial score (nSPS) is 11.1. The van der Waals surface area contributed by atoms with Crippen molar-refractivity contribution in [2.75, 3.05) is 0 Å². The summed E-state index contributed by atoms with van der Waals surface area (Å²) in [6, 6.07) is 7.49. The molecule has 0 aliphatic carbocycles. The second kappa shape index (κ2) is 7.61. The zero-order valence-corrected chi connectivity index (χ0v) is 15.2. The lowest BCUT2D eigenvalue weighted by Gasteiger charge is -2.13. The zero-order valence-electron chi connectivity index (χ0n) is 15.2. The van der Waals surface area contributed by atoms with Crippen LogP contribution in [0.2, 0.25) is 0 Å². The standard InChI is InChI=1S/C19H21FN4O3/c1-3-23-17-15(18(26)24(4-2)19(23)27)9-10-22(17)12-16(25)21-11-13-5-7-14(20)8-6-13/h5-10H,3-4,11-12H2,1-2H3,(H,21,25). The monoisotopic (exact) mass is 372 g/mol. The van der Waals surface area contributed by atoms with Crippen LogP contribution < -0.4 is 16.6 Å². The van der Waals surface area contributed by atoms with Crippen LogP contribution in [0.5, 0.6) is 0 Å². The topological polar surface area (TPSA) is 78.0 Å². The van der Waals surface area contributed by atoms with Crippen LogP contribution >= 0.6 is 0 Å². The van der Waals surface area contributed by atoms with Crippen molar-refractivity contribution in [3.8, 4) is 0 Å². The Balaban J connectivity index is 1.87. The molecule has 27 heavy (non-hydrogen) atoms. The van der Waals surface area contributed by atoms with Gasteiger partial charge in [-0.15, -0.1) is 0 Å². The van der Waals surface area contributed by atoms with Gasteiger partial charge in [0.25, 0.3) is 5.56 Å². The number of hydrogen-bond donors (Lipinski definition) is 1. The van der Waals surface area contributed by atoms with Crippen LogP contribution in [0.3, 0.4) is 0 Å². The van der Waals surface area contributed by atoms with Crippen molar-refractivity contribution in [3.63, 3.8) is 0 Å². The van der Waals surface area contributed by atoms with E-state index in [2.05, 4.69) is 5.32 Å². The Morgan fingerprint density at radius 1 is 1.04 bits per heavy atom. The smallest absolute Gasteiger partial charge is 0.332 e. The average Bonchev–Trinajstić information content (AvgIpc) is 3.06. The van der Waals surface area contributed by atoms with Gasteiger partial charge >= 0.3 is 5.69 Å². The number of rotatable bonds is 6. The third kappa shape index (κ3) is 3.55. The highest BCUT2D eigenvalue weighted by Gasteiger charge is 2.16. The van der Waals surface area contributed by atoms with Gasteiger partial charge < -0.3 is 9.88 Å². The number of amides is 1. The number of benzene rings is 1. The highest BCUT2D eigenvalue weighted by atomic mass is 19.1. The number of halogens is 1. The first kappa shape index (κ1) is 18.6. The van der Waals surface area contributed by atoms with E-state index in [-0.39, 0.29) is 42.6 Å². The van der Waals surface area contributed by atoms with Crippen LogP contribution in [0.1, 0.15) is 19.4 Å². The molecule has 0 bridgehead atoms. The Hall–Kier alpha value is -3.16. The first-order valence-electron chi connectivity index (χ1n) is 8.79. The molecule has 2 heterocycles. The van der Waals surface area contributed by atoms with Gasteiger partial charge in [-0.25, -0.2) is 9.18 Å². The number of hydrogen-bond acceptors (Lipinski definition) is 3. The van der Waals surface area contributed by atoms with E-state index in [1.165, 1.54) is 21.3 Å². The minimum atomic E-state index is -0.385. The van der Waals surface area contributed by atoms with E-state index in [0.717, 1.165) is 5.56 Å². The van der Waals surface area contributed by atoms with Crippen LogP contribution in [-0.4, -0.2) is 19.6 Å². The fraction of sp³-hybridized carbons (Fsp3) is 0.316. The Labute approximate surface area is 154 Å². The van der Waals surface area contributed by atoms with E-state index in [1.807, 2.05) is 6.92 Å². The maximum Gasteiger partial charge on any atom is 0.332 e. The molecule has 1 aromatic carbocycles. The number of carbonyl (C=O) groups is 1. The summed E-state index contributed by atoms with van der Waals surface area (Å²) in [4.78, 5) is 37.3. The van der Waals surface area contributed by atoms with Gasteiger partial charge in [0.15, 0.2) is 0 Å². The molecule has 0 saturated heterocycles. The molecule has 0 spiro atoms. The lowest BCUT2D eigenvalue weighted by molar-refractivity contribution is -0.121. The van der Waals surface area contributed by atoms with E-state index in [1.54, 1.807) is 35.9 Å². The van der Waals surface area contributed by atoms with Gasteiger partial charge in [0, 0.05) is 25.8 Å². The van der Waals surface area contributed by atoms with Gasteiger partial charge in [-0.1, -0.05) is 12.1 Å². The van der Waals surface area contributed by atoms with E-state index in [4.69, 9.17) is 0 Å². The lowest BCUT2D eigenvalue weighted by atomic mass is 10.2. The molecular formula is C19H21FN4O3. The molecule has 3 rings (SSSR count). The van der Waals surface area contributed by atoms with Gasteiger partial charge in [0.1, 0.15) is 18.0 Å². The Bertz CT molecular complexity index is 1090. The van der Waals surface area contributed by atoms with Crippen LogP contribution in [0, 0.1) is 5.82 Å². The lowest BCUT2D eigenvalue weighted by Crippen LogP contribution is -2.40.